The van der Waals surface area contributed by atoms with Gasteiger partial charge in [-0.15, -0.1) is 5.10 Å². The van der Waals surface area contributed by atoms with Crippen LogP contribution in [0, 0.1) is 0 Å². The van der Waals surface area contributed by atoms with Crippen LogP contribution in [0.5, 0.6) is 0 Å². The molecule has 1 amide bonds. The highest BCUT2D eigenvalue weighted by Crippen LogP contribution is 2.19. The Morgan fingerprint density at radius 1 is 0.938 bits per heavy atom. The Morgan fingerprint density at radius 3 is 2.62 bits per heavy atom. The number of carbonyl (C=O) groups is 1. The van der Waals surface area contributed by atoms with Crippen molar-refractivity contribution >= 4 is 39.2 Å². The second-order valence-electron chi connectivity index (χ2n) is 7.31. The van der Waals surface area contributed by atoms with E-state index in [1.165, 1.54) is 0 Å². The molecule has 0 aliphatic carbocycles. The molecule has 1 heterocycles. The molecule has 6 nitrogen and oxygen atoms in total. The van der Waals surface area contributed by atoms with Crippen molar-refractivity contribution in [1.82, 2.24) is 20.3 Å². The fourth-order valence-electron chi connectivity index (χ4n) is 3.72. The molecule has 5 aromatic rings. The Hall–Kier alpha value is -4.03. The Bertz CT molecular complexity index is 1540. The van der Waals surface area contributed by atoms with Crippen molar-refractivity contribution in [2.45, 2.75) is 6.54 Å². The first-order valence-electron chi connectivity index (χ1n) is 10.0. The van der Waals surface area contributed by atoms with E-state index in [2.05, 4.69) is 15.6 Å². The van der Waals surface area contributed by atoms with Crippen molar-refractivity contribution in [1.29, 1.82) is 0 Å². The minimum Gasteiger partial charge on any atom is -0.348 e. The maximum Gasteiger partial charge on any atom is 0.283 e. The largest absolute Gasteiger partial charge is 0.348 e. The van der Waals surface area contributed by atoms with Crippen LogP contribution in [0.15, 0.2) is 89.7 Å². The third-order valence-electron chi connectivity index (χ3n) is 5.31. The Kier molecular flexibility index (Phi) is 5.13. The van der Waals surface area contributed by atoms with Gasteiger partial charge in [0.05, 0.1) is 16.1 Å². The highest BCUT2D eigenvalue weighted by Gasteiger charge is 2.13. The lowest BCUT2D eigenvalue weighted by atomic mass is 10.0. The van der Waals surface area contributed by atoms with Gasteiger partial charge < -0.3 is 5.32 Å². The van der Waals surface area contributed by atoms with Crippen LogP contribution < -0.4 is 10.9 Å². The van der Waals surface area contributed by atoms with E-state index in [-0.39, 0.29) is 11.3 Å². The first kappa shape index (κ1) is 19.9. The van der Waals surface area contributed by atoms with Crippen LogP contribution in [0.1, 0.15) is 15.9 Å². The molecule has 0 saturated heterocycles. The van der Waals surface area contributed by atoms with Crippen molar-refractivity contribution in [3.8, 4) is 5.69 Å². The van der Waals surface area contributed by atoms with Gasteiger partial charge in [-0.05, 0) is 46.7 Å². The van der Waals surface area contributed by atoms with Gasteiger partial charge in [-0.3, -0.25) is 9.59 Å². The third kappa shape index (κ3) is 3.61. The molecule has 0 aliphatic heterocycles. The number of carbonyl (C=O) groups excluding carboxylic acids is 1. The number of benzene rings is 4. The van der Waals surface area contributed by atoms with Crippen LogP contribution in [0.25, 0.3) is 27.4 Å². The average Bonchev–Trinajstić information content (AvgIpc) is 2.83. The Balaban J connectivity index is 1.44. The summed E-state index contributed by atoms with van der Waals surface area (Å²) >= 11 is 6.20. The summed E-state index contributed by atoms with van der Waals surface area (Å²) in [4.78, 5) is 25.8. The molecular weight excluding hydrogens is 424 g/mol. The number of rotatable bonds is 4. The first-order chi connectivity index (χ1) is 15.6. The number of aromatic nitrogens is 3. The van der Waals surface area contributed by atoms with E-state index in [1.807, 2.05) is 42.5 Å². The summed E-state index contributed by atoms with van der Waals surface area (Å²) in [7, 11) is 0. The molecule has 1 N–H and O–H groups in total. The van der Waals surface area contributed by atoms with E-state index in [9.17, 15) is 9.59 Å². The molecule has 0 saturated carbocycles. The summed E-state index contributed by atoms with van der Waals surface area (Å²) in [6.45, 7) is 0.385. The predicted molar refractivity (Wildman–Crippen MR) is 125 cm³/mol. The van der Waals surface area contributed by atoms with Crippen LogP contribution in [0.2, 0.25) is 5.02 Å². The maximum absolute atomic E-state index is 12.9. The molecule has 156 valence electrons. The number of hydrogen-bond acceptors (Lipinski definition) is 4. The minimum atomic E-state index is -0.395. The number of nitrogens with one attached hydrogen (secondary N) is 1. The summed E-state index contributed by atoms with van der Waals surface area (Å²) in [6, 6.07) is 25.8. The van der Waals surface area contributed by atoms with Gasteiger partial charge in [0.2, 0.25) is 0 Å². The van der Waals surface area contributed by atoms with Crippen molar-refractivity contribution < 1.29 is 4.79 Å². The molecule has 7 heteroatoms. The summed E-state index contributed by atoms with van der Waals surface area (Å²) in [5, 5.41) is 13.9. The van der Waals surface area contributed by atoms with Crippen molar-refractivity contribution in [3.05, 3.63) is 111 Å². The van der Waals surface area contributed by atoms with Gasteiger partial charge in [0, 0.05) is 12.1 Å². The smallest absolute Gasteiger partial charge is 0.283 e. The molecule has 0 aliphatic rings. The van der Waals surface area contributed by atoms with Crippen LogP contribution in [-0.4, -0.2) is 20.9 Å². The number of amides is 1. The molecule has 0 spiro atoms. The summed E-state index contributed by atoms with van der Waals surface area (Å²) < 4.78 is 1.15. The lowest BCUT2D eigenvalue weighted by molar-refractivity contribution is 0.0951. The van der Waals surface area contributed by atoms with E-state index in [0.29, 0.717) is 28.3 Å². The van der Waals surface area contributed by atoms with E-state index in [1.54, 1.807) is 42.5 Å². The second kappa shape index (κ2) is 8.24. The molecule has 4 aromatic carbocycles. The van der Waals surface area contributed by atoms with Gasteiger partial charge in [0.1, 0.15) is 5.52 Å². The summed E-state index contributed by atoms with van der Waals surface area (Å²) in [6.07, 6.45) is 0. The summed E-state index contributed by atoms with van der Waals surface area (Å²) in [5.74, 6) is -0.250. The molecule has 1 aromatic heterocycles. The van der Waals surface area contributed by atoms with Gasteiger partial charge in [-0.1, -0.05) is 71.4 Å². The maximum atomic E-state index is 12.9. The van der Waals surface area contributed by atoms with Crippen molar-refractivity contribution in [2.75, 3.05) is 0 Å². The number of nitrogens with zero attached hydrogens (tertiary/aromatic N) is 3. The molecule has 32 heavy (non-hydrogen) atoms. The molecule has 0 atom stereocenters. The zero-order valence-electron chi connectivity index (χ0n) is 16.8. The predicted octanol–water partition coefficient (Wildman–Crippen LogP) is 4.52. The highest BCUT2D eigenvalue weighted by molar-refractivity contribution is 6.35. The highest BCUT2D eigenvalue weighted by atomic mass is 35.5. The van der Waals surface area contributed by atoms with E-state index in [4.69, 9.17) is 11.6 Å². The SMILES string of the molecule is O=C(NCc1cccc2ccccc12)c1cccc(-n2nnc3cccc(Cl)c3c2=O)c1. The van der Waals surface area contributed by atoms with Crippen molar-refractivity contribution in [3.63, 3.8) is 0 Å². The Labute approximate surface area is 188 Å². The average molecular weight is 441 g/mol. The van der Waals surface area contributed by atoms with Gasteiger partial charge in [0.25, 0.3) is 11.5 Å². The summed E-state index contributed by atoms with van der Waals surface area (Å²) in [5.41, 5.74) is 1.90. The van der Waals surface area contributed by atoms with Gasteiger partial charge in [-0.25, -0.2) is 0 Å². The second-order valence-corrected chi connectivity index (χ2v) is 7.72. The van der Waals surface area contributed by atoms with Gasteiger partial charge in [-0.2, -0.15) is 4.68 Å². The molecule has 0 radical (unpaired) electrons. The standard InChI is InChI=1S/C25H17ClN4O2/c26-21-12-5-13-22-23(21)25(32)30(29-28-22)19-10-4-8-17(14-19)24(31)27-15-18-9-3-7-16-6-1-2-11-20(16)18/h1-14H,15H2,(H,27,31). The normalized spacial score (nSPS) is 11.0. The third-order valence-corrected chi connectivity index (χ3v) is 5.63. The van der Waals surface area contributed by atoms with Crippen LogP contribution in [0.3, 0.4) is 0 Å². The zero-order valence-corrected chi connectivity index (χ0v) is 17.6. The fraction of sp³-hybridized carbons (Fsp3) is 0.0400. The topological polar surface area (TPSA) is 76.9 Å². The van der Waals surface area contributed by atoms with Crippen molar-refractivity contribution in [2.24, 2.45) is 0 Å². The quantitative estimate of drug-likeness (QED) is 0.446. The van der Waals surface area contributed by atoms with Crippen LogP contribution in [0.4, 0.5) is 0 Å². The van der Waals surface area contributed by atoms with E-state index < -0.39 is 5.56 Å². The van der Waals surface area contributed by atoms with Crippen LogP contribution >= 0.6 is 11.6 Å². The zero-order chi connectivity index (χ0) is 22.1. The number of halogens is 1. The van der Waals surface area contributed by atoms with E-state index >= 15 is 0 Å². The lowest BCUT2D eigenvalue weighted by Crippen LogP contribution is -2.25. The number of hydrogen-bond donors (Lipinski definition) is 1. The lowest BCUT2D eigenvalue weighted by Gasteiger charge is -2.10. The minimum absolute atomic E-state index is 0.250. The van der Waals surface area contributed by atoms with Gasteiger partial charge >= 0.3 is 0 Å². The molecular formula is C25H17ClN4O2. The fourth-order valence-corrected chi connectivity index (χ4v) is 3.97. The van der Waals surface area contributed by atoms with E-state index in [0.717, 1.165) is 21.0 Å². The Morgan fingerprint density at radius 2 is 1.72 bits per heavy atom. The molecule has 0 unspecified atom stereocenters. The molecule has 0 bridgehead atoms. The van der Waals surface area contributed by atoms with Gasteiger partial charge in [0.15, 0.2) is 0 Å². The molecule has 0 fully saturated rings. The molecule has 5 rings (SSSR count). The monoisotopic (exact) mass is 440 g/mol. The first-order valence-corrected chi connectivity index (χ1v) is 10.4. The number of fused-ring (bicyclic) bond motifs is 2. The van der Waals surface area contributed by atoms with Crippen LogP contribution in [-0.2, 0) is 6.54 Å².